The predicted molar refractivity (Wildman–Crippen MR) is 71.2 cm³/mol. The maximum absolute atomic E-state index is 6.14. The highest BCUT2D eigenvalue weighted by atomic mass is 79.9. The third kappa shape index (κ3) is 3.02. The Kier molecular flexibility index (Phi) is 4.09. The number of hydrogen-bond acceptors (Lipinski definition) is 5. The fourth-order valence-corrected chi connectivity index (χ4v) is 3.16. The van der Waals surface area contributed by atoms with Gasteiger partial charge in [0.05, 0.1) is 7.11 Å². The molecule has 0 aromatic carbocycles. The number of aromatic nitrogens is 2. The number of hydrogen-bond donors (Lipinski definition) is 1. The van der Waals surface area contributed by atoms with Gasteiger partial charge in [0.25, 0.3) is 0 Å². The zero-order valence-corrected chi connectivity index (χ0v) is 11.7. The van der Waals surface area contributed by atoms with Crippen LogP contribution in [0.25, 0.3) is 0 Å². The van der Waals surface area contributed by atoms with Gasteiger partial charge in [0.15, 0.2) is 0 Å². The number of ether oxygens (including phenoxy) is 1. The Labute approximate surface area is 112 Å². The molecule has 2 aromatic rings. The summed E-state index contributed by atoms with van der Waals surface area (Å²) in [5, 5.41) is 2.01. The van der Waals surface area contributed by atoms with Gasteiger partial charge in [0.1, 0.15) is 6.33 Å². The first-order chi connectivity index (χ1) is 8.20. The molecule has 17 heavy (non-hydrogen) atoms. The van der Waals surface area contributed by atoms with Crippen LogP contribution in [0.15, 0.2) is 28.3 Å². The van der Waals surface area contributed by atoms with E-state index in [1.165, 1.54) is 6.33 Å². The highest BCUT2D eigenvalue weighted by molar-refractivity contribution is 9.10. The van der Waals surface area contributed by atoms with Crippen LogP contribution in [0.5, 0.6) is 5.88 Å². The van der Waals surface area contributed by atoms with Crippen molar-refractivity contribution in [3.05, 3.63) is 38.9 Å². The molecule has 0 bridgehead atoms. The summed E-state index contributed by atoms with van der Waals surface area (Å²) in [6.07, 6.45) is 2.16. The molecule has 90 valence electrons. The molecular formula is C11H12BrN3OS. The maximum Gasteiger partial charge on any atom is 0.216 e. The van der Waals surface area contributed by atoms with E-state index in [-0.39, 0.29) is 6.04 Å². The zero-order valence-electron chi connectivity index (χ0n) is 9.26. The van der Waals surface area contributed by atoms with Crippen molar-refractivity contribution < 1.29 is 4.74 Å². The Morgan fingerprint density at radius 1 is 1.53 bits per heavy atom. The smallest absolute Gasteiger partial charge is 0.216 e. The molecule has 4 nitrogen and oxygen atoms in total. The van der Waals surface area contributed by atoms with Gasteiger partial charge in [-0.1, -0.05) is 0 Å². The van der Waals surface area contributed by atoms with Gasteiger partial charge >= 0.3 is 0 Å². The Hall–Kier alpha value is -0.980. The lowest BCUT2D eigenvalue weighted by atomic mass is 10.1. The number of thiophene rings is 1. The molecule has 0 saturated heterocycles. The second-order valence-electron chi connectivity index (χ2n) is 3.50. The van der Waals surface area contributed by atoms with E-state index in [0.29, 0.717) is 12.3 Å². The molecule has 0 radical (unpaired) electrons. The van der Waals surface area contributed by atoms with Crippen molar-refractivity contribution >= 4 is 27.3 Å². The van der Waals surface area contributed by atoms with E-state index in [9.17, 15) is 0 Å². The number of nitrogens with zero attached hydrogens (tertiary/aromatic N) is 2. The molecule has 1 atom stereocenters. The van der Waals surface area contributed by atoms with E-state index in [1.807, 2.05) is 11.4 Å². The molecule has 0 amide bonds. The number of rotatable bonds is 4. The van der Waals surface area contributed by atoms with E-state index in [4.69, 9.17) is 10.5 Å². The van der Waals surface area contributed by atoms with Gasteiger partial charge in [-0.3, -0.25) is 0 Å². The molecule has 2 N–H and O–H groups in total. The van der Waals surface area contributed by atoms with E-state index < -0.39 is 0 Å². The molecule has 0 aliphatic carbocycles. The normalized spacial score (nSPS) is 12.4. The molecule has 2 rings (SSSR count). The number of halogens is 1. The molecule has 0 spiro atoms. The highest BCUT2D eigenvalue weighted by Crippen LogP contribution is 2.29. The Balaban J connectivity index is 2.13. The lowest BCUT2D eigenvalue weighted by Crippen LogP contribution is -2.13. The van der Waals surface area contributed by atoms with Crippen LogP contribution in [0.4, 0.5) is 0 Å². The summed E-state index contributed by atoms with van der Waals surface area (Å²) in [5.41, 5.74) is 7.02. The lowest BCUT2D eigenvalue weighted by molar-refractivity contribution is 0.395. The minimum Gasteiger partial charge on any atom is -0.481 e. The quantitative estimate of drug-likeness (QED) is 0.942. The average molecular weight is 314 g/mol. The Morgan fingerprint density at radius 3 is 3.00 bits per heavy atom. The molecule has 1 unspecified atom stereocenters. The monoisotopic (exact) mass is 313 g/mol. The molecule has 0 aliphatic rings. The molecule has 6 heteroatoms. The van der Waals surface area contributed by atoms with E-state index >= 15 is 0 Å². The second kappa shape index (κ2) is 5.57. The first-order valence-corrected chi connectivity index (χ1v) is 6.71. The van der Waals surface area contributed by atoms with Crippen LogP contribution in [-0.2, 0) is 6.42 Å². The second-order valence-corrected chi connectivity index (χ2v) is 5.30. The van der Waals surface area contributed by atoms with Crippen LogP contribution < -0.4 is 10.5 Å². The summed E-state index contributed by atoms with van der Waals surface area (Å²) in [7, 11) is 1.59. The first-order valence-electron chi connectivity index (χ1n) is 5.04. The molecule has 0 saturated carbocycles. The van der Waals surface area contributed by atoms with E-state index in [1.54, 1.807) is 24.5 Å². The van der Waals surface area contributed by atoms with Gasteiger partial charge in [-0.25, -0.2) is 9.97 Å². The SMILES string of the molecule is COc1cc(CC(N)c2sccc2Br)ncn1. The third-order valence-corrected chi connectivity index (χ3v) is 4.32. The number of methoxy groups -OCH3 is 1. The fourth-order valence-electron chi connectivity index (χ4n) is 1.49. The zero-order chi connectivity index (χ0) is 12.3. The average Bonchev–Trinajstić information content (AvgIpc) is 2.76. The van der Waals surface area contributed by atoms with Crippen molar-refractivity contribution in [2.75, 3.05) is 7.11 Å². The molecule has 2 heterocycles. The van der Waals surface area contributed by atoms with Crippen LogP contribution in [0.1, 0.15) is 16.6 Å². The summed E-state index contributed by atoms with van der Waals surface area (Å²) >= 11 is 5.12. The molecule has 2 aromatic heterocycles. The van der Waals surface area contributed by atoms with Gasteiger partial charge in [-0.15, -0.1) is 11.3 Å². The Morgan fingerprint density at radius 2 is 2.35 bits per heavy atom. The van der Waals surface area contributed by atoms with Crippen molar-refractivity contribution in [1.82, 2.24) is 9.97 Å². The van der Waals surface area contributed by atoms with Crippen molar-refractivity contribution in [1.29, 1.82) is 0 Å². The van der Waals surface area contributed by atoms with Crippen LogP contribution in [-0.4, -0.2) is 17.1 Å². The van der Waals surface area contributed by atoms with Gasteiger partial charge < -0.3 is 10.5 Å². The third-order valence-electron chi connectivity index (χ3n) is 2.32. The van der Waals surface area contributed by atoms with E-state index in [2.05, 4.69) is 25.9 Å². The topological polar surface area (TPSA) is 61.0 Å². The van der Waals surface area contributed by atoms with Crippen LogP contribution in [0.3, 0.4) is 0 Å². The summed E-state index contributed by atoms with van der Waals surface area (Å²) in [4.78, 5) is 9.28. The fraction of sp³-hybridized carbons (Fsp3) is 0.273. The molecular weight excluding hydrogens is 302 g/mol. The van der Waals surface area contributed by atoms with Gasteiger partial charge in [-0.2, -0.15) is 0 Å². The minimum absolute atomic E-state index is 0.0658. The van der Waals surface area contributed by atoms with Crippen LogP contribution in [0.2, 0.25) is 0 Å². The predicted octanol–water partition coefficient (Wildman–Crippen LogP) is 2.55. The largest absolute Gasteiger partial charge is 0.481 e. The first kappa shape index (κ1) is 12.5. The number of nitrogens with two attached hydrogens (primary N) is 1. The summed E-state index contributed by atoms with van der Waals surface area (Å²) in [5.74, 6) is 0.562. The van der Waals surface area contributed by atoms with Crippen LogP contribution in [0, 0.1) is 0 Å². The van der Waals surface area contributed by atoms with Crippen LogP contribution >= 0.6 is 27.3 Å². The Bertz CT molecular complexity index is 503. The lowest BCUT2D eigenvalue weighted by Gasteiger charge is -2.10. The van der Waals surface area contributed by atoms with Crippen molar-refractivity contribution in [2.45, 2.75) is 12.5 Å². The highest BCUT2D eigenvalue weighted by Gasteiger charge is 2.13. The molecule has 0 fully saturated rings. The van der Waals surface area contributed by atoms with Gasteiger partial charge in [0.2, 0.25) is 5.88 Å². The van der Waals surface area contributed by atoms with Gasteiger partial charge in [-0.05, 0) is 27.4 Å². The van der Waals surface area contributed by atoms with Crippen molar-refractivity contribution in [2.24, 2.45) is 5.73 Å². The maximum atomic E-state index is 6.14. The summed E-state index contributed by atoms with van der Waals surface area (Å²) in [6.45, 7) is 0. The summed E-state index contributed by atoms with van der Waals surface area (Å²) in [6, 6.07) is 3.74. The molecule has 0 aliphatic heterocycles. The van der Waals surface area contributed by atoms with Crippen molar-refractivity contribution in [3.63, 3.8) is 0 Å². The van der Waals surface area contributed by atoms with E-state index in [0.717, 1.165) is 15.0 Å². The minimum atomic E-state index is -0.0658. The van der Waals surface area contributed by atoms with Crippen molar-refractivity contribution in [3.8, 4) is 5.88 Å². The summed E-state index contributed by atoms with van der Waals surface area (Å²) < 4.78 is 6.10. The standard InChI is InChI=1S/C11H12BrN3OS/c1-16-10-5-7(14-6-15-10)4-9(13)11-8(12)2-3-17-11/h2-3,5-6,9H,4,13H2,1H3. The van der Waals surface area contributed by atoms with Gasteiger partial charge in [0, 0.05) is 33.6 Å².